The zero-order chi connectivity index (χ0) is 34.6. The fraction of sp³-hybridized carbons (Fsp3) is 0.400. The molecule has 0 aromatic carbocycles. The topological polar surface area (TPSA) is 107 Å². The molecule has 262 valence electrons. The van der Waals surface area contributed by atoms with E-state index < -0.39 is 0 Å². The van der Waals surface area contributed by atoms with E-state index in [1.807, 2.05) is 97.7 Å². The van der Waals surface area contributed by atoms with Gasteiger partial charge in [-0.2, -0.15) is 0 Å². The number of rotatable bonds is 25. The summed E-state index contributed by atoms with van der Waals surface area (Å²) in [4.78, 5) is 41.0. The number of unbranched alkanes of at least 4 members (excludes halogenated alkanes) is 1. The third-order valence-electron chi connectivity index (χ3n) is 7.89. The van der Waals surface area contributed by atoms with Crippen molar-refractivity contribution in [2.24, 2.45) is 20.0 Å². The first-order valence-corrected chi connectivity index (χ1v) is 17.9. The van der Waals surface area contributed by atoms with Gasteiger partial charge in [-0.1, -0.05) is 24.3 Å². The van der Waals surface area contributed by atoms with Gasteiger partial charge < -0.3 is 9.80 Å². The maximum Gasteiger partial charge on any atom is 0.0807 e. The van der Waals surface area contributed by atoms with Crippen molar-refractivity contribution in [2.45, 2.75) is 38.5 Å². The lowest BCUT2D eigenvalue weighted by molar-refractivity contribution is 0.237. The molecule has 0 aliphatic rings. The Morgan fingerprint density at radius 2 is 0.620 bits per heavy atom. The average molecular weight is 673 g/mol. The normalized spacial score (nSPS) is 12.1. The highest BCUT2D eigenvalue weighted by Crippen LogP contribution is 2.05. The van der Waals surface area contributed by atoms with E-state index in [0.717, 1.165) is 127 Å². The van der Waals surface area contributed by atoms with Crippen LogP contribution in [0.4, 0.5) is 0 Å². The van der Waals surface area contributed by atoms with Gasteiger partial charge in [0.25, 0.3) is 0 Å². The fourth-order valence-electron chi connectivity index (χ4n) is 5.33. The van der Waals surface area contributed by atoms with Gasteiger partial charge >= 0.3 is 0 Å². The Morgan fingerprint density at radius 3 is 0.860 bits per heavy atom. The number of aromatic nitrogens is 4. The van der Waals surface area contributed by atoms with Crippen molar-refractivity contribution >= 4 is 24.9 Å². The molecule has 4 heterocycles. The molecule has 0 bridgehead atoms. The first kappa shape index (κ1) is 38.0. The second-order valence-corrected chi connectivity index (χ2v) is 12.0. The Balaban J connectivity index is 1.21. The summed E-state index contributed by atoms with van der Waals surface area (Å²) < 4.78 is 0. The van der Waals surface area contributed by atoms with Crippen LogP contribution in [0.3, 0.4) is 0 Å². The van der Waals surface area contributed by atoms with Gasteiger partial charge in [-0.05, 0) is 126 Å². The van der Waals surface area contributed by atoms with Crippen molar-refractivity contribution in [1.82, 2.24) is 29.7 Å². The molecule has 0 saturated heterocycles. The van der Waals surface area contributed by atoms with Crippen LogP contribution in [0.25, 0.3) is 0 Å². The quantitative estimate of drug-likeness (QED) is 0.0633. The van der Waals surface area contributed by atoms with Crippen LogP contribution in [0.5, 0.6) is 0 Å². The average Bonchev–Trinajstić information content (AvgIpc) is 3.17. The van der Waals surface area contributed by atoms with Gasteiger partial charge in [0.2, 0.25) is 0 Å². The summed E-state index contributed by atoms with van der Waals surface area (Å²) in [6.07, 6.45) is 21.1. The molecule has 10 heteroatoms. The van der Waals surface area contributed by atoms with Gasteiger partial charge in [0.05, 0.1) is 22.8 Å². The highest BCUT2D eigenvalue weighted by Gasteiger charge is 2.08. The van der Waals surface area contributed by atoms with E-state index in [0.29, 0.717) is 0 Å². The Morgan fingerprint density at radius 1 is 0.360 bits per heavy atom. The van der Waals surface area contributed by atoms with Gasteiger partial charge in [0.15, 0.2) is 0 Å². The van der Waals surface area contributed by atoms with Crippen LogP contribution >= 0.6 is 0 Å². The SMILES string of the molecule is C(=NCCCN(CCCCN(CCCN=Cc1ccccn1)CCCN=Cc1ccccn1)CCCN=Cc1ccccn1)c1ccccn1. The van der Waals surface area contributed by atoms with E-state index in [-0.39, 0.29) is 0 Å². The van der Waals surface area contributed by atoms with Gasteiger partial charge in [0.1, 0.15) is 0 Å². The lowest BCUT2D eigenvalue weighted by Gasteiger charge is -2.24. The molecule has 4 aromatic rings. The summed E-state index contributed by atoms with van der Waals surface area (Å²) in [5.41, 5.74) is 3.61. The van der Waals surface area contributed by atoms with Crippen molar-refractivity contribution in [3.8, 4) is 0 Å². The second kappa shape index (κ2) is 25.2. The third kappa shape index (κ3) is 17.6. The molecule has 0 fully saturated rings. The molecule has 0 atom stereocenters. The maximum absolute atomic E-state index is 4.62. The highest BCUT2D eigenvalue weighted by molar-refractivity contribution is 5.77. The first-order chi connectivity index (χ1) is 24.8. The van der Waals surface area contributed by atoms with E-state index in [4.69, 9.17) is 0 Å². The molecule has 0 saturated carbocycles. The number of nitrogens with zero attached hydrogens (tertiary/aromatic N) is 10. The van der Waals surface area contributed by atoms with Gasteiger partial charge in [0, 0.05) is 75.8 Å². The summed E-state index contributed by atoms with van der Waals surface area (Å²) in [6.45, 7) is 9.43. The summed E-state index contributed by atoms with van der Waals surface area (Å²) in [6, 6.07) is 23.6. The van der Waals surface area contributed by atoms with Crippen LogP contribution < -0.4 is 0 Å². The predicted octanol–water partition coefficient (Wildman–Crippen LogP) is 5.99. The highest BCUT2D eigenvalue weighted by atomic mass is 15.1. The molecule has 0 aliphatic heterocycles. The molecule has 0 aliphatic carbocycles. The molecular weight excluding hydrogens is 621 g/mol. The van der Waals surface area contributed by atoms with Crippen molar-refractivity contribution in [3.63, 3.8) is 0 Å². The molecule has 4 rings (SSSR count). The van der Waals surface area contributed by atoms with Crippen molar-refractivity contribution < 1.29 is 0 Å². The Bertz CT molecular complexity index is 1290. The van der Waals surface area contributed by atoms with Crippen LogP contribution in [-0.4, -0.2) is 120 Å². The molecule has 10 nitrogen and oxygen atoms in total. The molecule has 0 unspecified atom stereocenters. The molecule has 0 N–H and O–H groups in total. The predicted molar refractivity (Wildman–Crippen MR) is 207 cm³/mol. The van der Waals surface area contributed by atoms with Crippen molar-refractivity contribution in [2.75, 3.05) is 65.4 Å². The fourth-order valence-corrected chi connectivity index (χ4v) is 5.33. The maximum atomic E-state index is 4.62. The Hall–Kier alpha value is -4.80. The minimum atomic E-state index is 0.796. The largest absolute Gasteiger partial charge is 0.303 e. The van der Waals surface area contributed by atoms with Crippen LogP contribution in [0, 0.1) is 0 Å². The van der Waals surface area contributed by atoms with Crippen molar-refractivity contribution in [3.05, 3.63) is 120 Å². The zero-order valence-electron chi connectivity index (χ0n) is 29.3. The van der Waals surface area contributed by atoms with Crippen LogP contribution in [0.1, 0.15) is 61.3 Å². The van der Waals surface area contributed by atoms with Crippen LogP contribution in [0.15, 0.2) is 118 Å². The molecular formula is C40H52N10. The lowest BCUT2D eigenvalue weighted by Crippen LogP contribution is -2.31. The lowest BCUT2D eigenvalue weighted by atomic mass is 10.2. The number of hydrogen-bond acceptors (Lipinski definition) is 10. The number of aliphatic imine (C=N–C) groups is 4. The molecule has 0 spiro atoms. The smallest absolute Gasteiger partial charge is 0.0807 e. The van der Waals surface area contributed by atoms with Crippen LogP contribution in [-0.2, 0) is 0 Å². The summed E-state index contributed by atoms with van der Waals surface area (Å²) in [5, 5.41) is 0. The van der Waals surface area contributed by atoms with E-state index in [1.165, 1.54) is 0 Å². The standard InChI is InChI=1S/C40H52N10/c1-5-23-45-37(15-1)33-41-19-11-29-49(30-12-20-42-34-38-16-2-6-24-46-38)27-9-10-28-50(31-13-21-43-35-39-17-3-7-25-47-39)32-14-22-44-36-40-18-4-8-26-48-40/h1-8,15-18,23-26,33-36H,9-14,19-22,27-32H2. The molecule has 0 amide bonds. The summed E-state index contributed by atoms with van der Waals surface area (Å²) >= 11 is 0. The molecule has 4 aromatic heterocycles. The second-order valence-electron chi connectivity index (χ2n) is 12.0. The monoisotopic (exact) mass is 672 g/mol. The summed E-state index contributed by atoms with van der Waals surface area (Å²) in [7, 11) is 0. The van der Waals surface area contributed by atoms with Gasteiger partial charge in [-0.25, -0.2) is 0 Å². The third-order valence-corrected chi connectivity index (χ3v) is 7.89. The van der Waals surface area contributed by atoms with E-state index in [9.17, 15) is 0 Å². The molecule has 50 heavy (non-hydrogen) atoms. The van der Waals surface area contributed by atoms with Gasteiger partial charge in [-0.15, -0.1) is 0 Å². The summed E-state index contributed by atoms with van der Waals surface area (Å²) in [5.74, 6) is 0. The zero-order valence-corrected chi connectivity index (χ0v) is 29.3. The first-order valence-electron chi connectivity index (χ1n) is 17.9. The minimum Gasteiger partial charge on any atom is -0.303 e. The van der Waals surface area contributed by atoms with E-state index >= 15 is 0 Å². The van der Waals surface area contributed by atoms with E-state index in [1.54, 1.807) is 24.8 Å². The Kier molecular flexibility index (Phi) is 19.2. The van der Waals surface area contributed by atoms with Crippen molar-refractivity contribution in [1.29, 1.82) is 0 Å². The van der Waals surface area contributed by atoms with Gasteiger partial charge in [-0.3, -0.25) is 39.9 Å². The van der Waals surface area contributed by atoms with E-state index in [2.05, 4.69) is 49.7 Å². The number of hydrogen-bond donors (Lipinski definition) is 0. The Labute approximate surface area is 298 Å². The number of pyridine rings is 4. The molecule has 0 radical (unpaired) electrons. The minimum absolute atomic E-state index is 0.796. The van der Waals surface area contributed by atoms with Crippen LogP contribution in [0.2, 0.25) is 0 Å².